The molecule has 0 radical (unpaired) electrons. The van der Waals surface area contributed by atoms with E-state index in [4.69, 9.17) is 23.2 Å². The highest BCUT2D eigenvalue weighted by Crippen LogP contribution is 2.24. The second-order valence-corrected chi connectivity index (χ2v) is 5.75. The van der Waals surface area contributed by atoms with Crippen LogP contribution in [-0.2, 0) is 6.54 Å². The molecule has 0 amide bonds. The van der Waals surface area contributed by atoms with Crippen molar-refractivity contribution < 1.29 is 9.41 Å². The number of rotatable bonds is 7. The number of aryl methyl sites for hydroxylation is 1. The first-order chi connectivity index (χ1) is 8.91. The van der Waals surface area contributed by atoms with Crippen molar-refractivity contribution in [3.63, 3.8) is 0 Å². The highest BCUT2D eigenvalue weighted by Gasteiger charge is 2.25. The SMILES string of the molecule is Cc1ccc(C[N+](C)(CCCl)CCCl)c([N+](=O)[O-])c1. The van der Waals surface area contributed by atoms with Crippen molar-refractivity contribution in [1.82, 2.24) is 0 Å². The van der Waals surface area contributed by atoms with E-state index in [1.54, 1.807) is 6.07 Å². The topological polar surface area (TPSA) is 43.1 Å². The van der Waals surface area contributed by atoms with Gasteiger partial charge in [0, 0.05) is 6.07 Å². The van der Waals surface area contributed by atoms with Crippen molar-refractivity contribution in [3.8, 4) is 0 Å². The summed E-state index contributed by atoms with van der Waals surface area (Å²) in [4.78, 5) is 10.8. The Bertz CT molecular complexity index is 446. The number of benzene rings is 1. The second kappa shape index (κ2) is 7.08. The van der Waals surface area contributed by atoms with Gasteiger partial charge in [-0.1, -0.05) is 6.07 Å². The van der Waals surface area contributed by atoms with Crippen LogP contribution in [0.1, 0.15) is 11.1 Å². The van der Waals surface area contributed by atoms with Crippen LogP contribution in [0.2, 0.25) is 0 Å². The quantitative estimate of drug-likeness (QED) is 0.336. The van der Waals surface area contributed by atoms with Crippen molar-refractivity contribution >= 4 is 28.9 Å². The van der Waals surface area contributed by atoms with E-state index in [1.165, 1.54) is 0 Å². The van der Waals surface area contributed by atoms with Crippen LogP contribution < -0.4 is 0 Å². The van der Waals surface area contributed by atoms with E-state index in [0.29, 0.717) is 22.8 Å². The third-order valence-corrected chi connectivity index (χ3v) is 3.58. The minimum absolute atomic E-state index is 0.175. The van der Waals surface area contributed by atoms with Gasteiger partial charge < -0.3 is 4.48 Å². The van der Waals surface area contributed by atoms with Gasteiger partial charge in [-0.15, -0.1) is 23.2 Å². The molecule has 0 unspecified atom stereocenters. The lowest BCUT2D eigenvalue weighted by Gasteiger charge is -2.33. The highest BCUT2D eigenvalue weighted by atomic mass is 35.5. The van der Waals surface area contributed by atoms with Gasteiger partial charge in [0.1, 0.15) is 6.54 Å². The van der Waals surface area contributed by atoms with E-state index in [2.05, 4.69) is 0 Å². The number of hydrogen-bond donors (Lipinski definition) is 0. The van der Waals surface area contributed by atoms with Gasteiger partial charge in [-0.2, -0.15) is 0 Å². The molecule has 0 heterocycles. The molecule has 106 valence electrons. The Morgan fingerprint density at radius 3 is 2.32 bits per heavy atom. The predicted molar refractivity (Wildman–Crippen MR) is 78.9 cm³/mol. The summed E-state index contributed by atoms with van der Waals surface area (Å²) in [7, 11) is 2.02. The van der Waals surface area contributed by atoms with Crippen LogP contribution in [0.3, 0.4) is 0 Å². The number of nitrogens with zero attached hydrogens (tertiary/aromatic N) is 2. The summed E-state index contributed by atoms with van der Waals surface area (Å²) in [6.07, 6.45) is 0. The fraction of sp³-hybridized carbons (Fsp3) is 0.538. The first-order valence-electron chi connectivity index (χ1n) is 6.11. The van der Waals surface area contributed by atoms with Gasteiger partial charge in [-0.25, -0.2) is 0 Å². The number of halogens is 2. The maximum atomic E-state index is 11.1. The summed E-state index contributed by atoms with van der Waals surface area (Å²) in [6.45, 7) is 3.89. The predicted octanol–water partition coefficient (Wildman–Crippen LogP) is 3.33. The van der Waals surface area contributed by atoms with E-state index in [-0.39, 0.29) is 10.6 Å². The Hall–Kier alpha value is -0.840. The van der Waals surface area contributed by atoms with Gasteiger partial charge in [0.05, 0.1) is 42.4 Å². The van der Waals surface area contributed by atoms with Crippen molar-refractivity contribution in [1.29, 1.82) is 0 Å². The van der Waals surface area contributed by atoms with Gasteiger partial charge in [-0.05, 0) is 18.6 Å². The van der Waals surface area contributed by atoms with E-state index < -0.39 is 0 Å². The maximum absolute atomic E-state index is 11.1. The zero-order valence-electron chi connectivity index (χ0n) is 11.2. The van der Waals surface area contributed by atoms with Crippen LogP contribution in [0, 0.1) is 17.0 Å². The molecule has 0 bridgehead atoms. The molecule has 1 aromatic rings. The molecular formula is C13H19Cl2N2O2+. The summed E-state index contributed by atoms with van der Waals surface area (Å²) in [5.74, 6) is 1.01. The first-order valence-corrected chi connectivity index (χ1v) is 7.18. The van der Waals surface area contributed by atoms with Crippen molar-refractivity contribution in [2.24, 2.45) is 0 Å². The normalized spacial score (nSPS) is 11.6. The zero-order valence-corrected chi connectivity index (χ0v) is 12.7. The number of hydrogen-bond acceptors (Lipinski definition) is 2. The molecule has 0 fully saturated rings. The Morgan fingerprint density at radius 1 is 1.26 bits per heavy atom. The lowest BCUT2D eigenvalue weighted by Crippen LogP contribution is -2.46. The first kappa shape index (κ1) is 16.2. The number of alkyl halides is 2. The molecular weight excluding hydrogens is 287 g/mol. The molecule has 0 aliphatic rings. The summed E-state index contributed by atoms with van der Waals surface area (Å²) < 4.78 is 0.608. The lowest BCUT2D eigenvalue weighted by molar-refractivity contribution is -0.918. The van der Waals surface area contributed by atoms with E-state index in [0.717, 1.165) is 24.2 Å². The fourth-order valence-electron chi connectivity index (χ4n) is 2.07. The van der Waals surface area contributed by atoms with Crippen molar-refractivity contribution in [2.45, 2.75) is 13.5 Å². The molecule has 1 rings (SSSR count). The van der Waals surface area contributed by atoms with Crippen molar-refractivity contribution in [2.75, 3.05) is 31.9 Å². The molecule has 0 N–H and O–H groups in total. The summed E-state index contributed by atoms with van der Waals surface area (Å²) >= 11 is 11.6. The third-order valence-electron chi connectivity index (χ3n) is 3.24. The molecule has 6 heteroatoms. The lowest BCUT2D eigenvalue weighted by atomic mass is 10.1. The molecule has 0 saturated carbocycles. The van der Waals surface area contributed by atoms with Gasteiger partial charge in [-0.3, -0.25) is 10.1 Å². The molecule has 0 aliphatic heterocycles. The third kappa shape index (κ3) is 4.64. The highest BCUT2D eigenvalue weighted by molar-refractivity contribution is 6.18. The maximum Gasteiger partial charge on any atom is 0.278 e. The Balaban J connectivity index is 3.05. The minimum Gasteiger partial charge on any atom is -0.320 e. The Labute approximate surface area is 123 Å². The van der Waals surface area contributed by atoms with Crippen LogP contribution in [0.25, 0.3) is 0 Å². The smallest absolute Gasteiger partial charge is 0.278 e. The van der Waals surface area contributed by atoms with E-state index >= 15 is 0 Å². The zero-order chi connectivity index (χ0) is 14.5. The second-order valence-electron chi connectivity index (χ2n) is 4.99. The molecule has 0 aromatic heterocycles. The average Bonchev–Trinajstić information content (AvgIpc) is 2.31. The van der Waals surface area contributed by atoms with Gasteiger partial charge in [0.25, 0.3) is 5.69 Å². The minimum atomic E-state index is -0.325. The largest absolute Gasteiger partial charge is 0.320 e. The van der Waals surface area contributed by atoms with Gasteiger partial charge in [0.15, 0.2) is 0 Å². The molecule has 19 heavy (non-hydrogen) atoms. The molecule has 0 atom stereocenters. The van der Waals surface area contributed by atoms with E-state index in [9.17, 15) is 10.1 Å². The molecule has 0 aliphatic carbocycles. The van der Waals surface area contributed by atoms with Crippen LogP contribution in [0.15, 0.2) is 18.2 Å². The van der Waals surface area contributed by atoms with Crippen LogP contribution in [-0.4, -0.2) is 41.3 Å². The number of nitro benzene ring substituents is 1. The van der Waals surface area contributed by atoms with Gasteiger partial charge in [0.2, 0.25) is 0 Å². The van der Waals surface area contributed by atoms with Crippen LogP contribution in [0.4, 0.5) is 5.69 Å². The fourth-order valence-corrected chi connectivity index (χ4v) is 2.88. The number of nitro groups is 1. The van der Waals surface area contributed by atoms with Crippen LogP contribution >= 0.6 is 23.2 Å². The average molecular weight is 306 g/mol. The molecule has 0 saturated heterocycles. The summed E-state index contributed by atoms with van der Waals surface area (Å²) in [6, 6.07) is 5.33. The summed E-state index contributed by atoms with van der Waals surface area (Å²) in [5, 5.41) is 11.1. The standard InChI is InChI=1S/C13H19Cl2N2O2/c1-11-3-4-12(13(9-11)16(18)19)10-17(2,7-5-14)8-6-15/h3-4,9H,5-8,10H2,1-2H3/q+1. The van der Waals surface area contributed by atoms with Gasteiger partial charge >= 0.3 is 0 Å². The summed E-state index contributed by atoms with van der Waals surface area (Å²) in [5.41, 5.74) is 1.79. The Kier molecular flexibility index (Phi) is 6.04. The molecule has 4 nitrogen and oxygen atoms in total. The van der Waals surface area contributed by atoms with E-state index in [1.807, 2.05) is 26.1 Å². The van der Waals surface area contributed by atoms with Crippen molar-refractivity contribution in [3.05, 3.63) is 39.4 Å². The number of quaternary nitrogens is 1. The molecule has 1 aromatic carbocycles. The Morgan fingerprint density at radius 2 is 1.84 bits per heavy atom. The van der Waals surface area contributed by atoms with Crippen LogP contribution in [0.5, 0.6) is 0 Å². The monoisotopic (exact) mass is 305 g/mol. The molecule has 0 spiro atoms.